The van der Waals surface area contributed by atoms with Crippen LogP contribution in [0.15, 0.2) is 55.6 Å². The van der Waals surface area contributed by atoms with Crippen molar-refractivity contribution in [2.75, 3.05) is 13.1 Å². The van der Waals surface area contributed by atoms with Crippen LogP contribution >= 0.6 is 0 Å². The number of hydrogen-bond donors (Lipinski definition) is 0. The highest BCUT2D eigenvalue weighted by Gasteiger charge is 2.27. The van der Waals surface area contributed by atoms with Crippen molar-refractivity contribution >= 4 is 5.91 Å². The third kappa shape index (κ3) is 4.47. The summed E-state index contributed by atoms with van der Waals surface area (Å²) in [4.78, 5) is 27.5. The Hall–Kier alpha value is -2.96. The third-order valence-corrected chi connectivity index (χ3v) is 5.36. The van der Waals surface area contributed by atoms with E-state index >= 15 is 0 Å². The van der Waals surface area contributed by atoms with E-state index in [9.17, 15) is 4.79 Å². The fourth-order valence-corrected chi connectivity index (χ4v) is 3.90. The highest BCUT2D eigenvalue weighted by molar-refractivity contribution is 5.76. The maximum Gasteiger partial charge on any atom is 0.222 e. The number of carbonyl (C=O) groups is 1. The summed E-state index contributed by atoms with van der Waals surface area (Å²) in [6.07, 6.45) is 16.5. The number of piperidine rings is 1. The number of imidazole rings is 2. The molecule has 1 saturated heterocycles. The summed E-state index contributed by atoms with van der Waals surface area (Å²) < 4.78 is 4.22. The van der Waals surface area contributed by atoms with Crippen LogP contribution in [-0.2, 0) is 17.9 Å². The second-order valence-electron chi connectivity index (χ2n) is 7.35. The maximum atomic E-state index is 12.7. The Morgan fingerprint density at radius 1 is 1.11 bits per heavy atom. The highest BCUT2D eigenvalue weighted by Crippen LogP contribution is 2.27. The van der Waals surface area contributed by atoms with Crippen molar-refractivity contribution in [1.29, 1.82) is 0 Å². The predicted octanol–water partition coefficient (Wildman–Crippen LogP) is 2.71. The Balaban J connectivity index is 1.35. The summed E-state index contributed by atoms with van der Waals surface area (Å²) in [7, 11) is 0. The lowest BCUT2D eigenvalue weighted by atomic mass is 9.96. The summed E-state index contributed by atoms with van der Waals surface area (Å²) in [5, 5.41) is 0. The molecule has 3 aromatic heterocycles. The molecule has 28 heavy (non-hydrogen) atoms. The monoisotopic (exact) mass is 378 g/mol. The van der Waals surface area contributed by atoms with Gasteiger partial charge in [0.2, 0.25) is 5.91 Å². The van der Waals surface area contributed by atoms with Crippen molar-refractivity contribution in [2.24, 2.45) is 0 Å². The first-order chi connectivity index (χ1) is 13.8. The minimum Gasteiger partial charge on any atom is -0.342 e. The number of pyridine rings is 1. The van der Waals surface area contributed by atoms with Gasteiger partial charge in [0.05, 0.1) is 6.33 Å². The van der Waals surface area contributed by atoms with Gasteiger partial charge in [-0.05, 0) is 37.0 Å². The van der Waals surface area contributed by atoms with Crippen LogP contribution < -0.4 is 0 Å². The van der Waals surface area contributed by atoms with Crippen molar-refractivity contribution in [2.45, 2.75) is 44.7 Å². The molecule has 0 saturated carbocycles. The van der Waals surface area contributed by atoms with E-state index in [1.807, 2.05) is 52.6 Å². The number of rotatable bonds is 7. The van der Waals surface area contributed by atoms with Gasteiger partial charge in [-0.3, -0.25) is 9.78 Å². The lowest BCUT2D eigenvalue weighted by molar-refractivity contribution is -0.132. The fourth-order valence-electron chi connectivity index (χ4n) is 3.90. The number of amides is 1. The zero-order valence-corrected chi connectivity index (χ0v) is 16.0. The Morgan fingerprint density at radius 2 is 2.00 bits per heavy atom. The molecule has 1 atom stereocenters. The third-order valence-electron chi connectivity index (χ3n) is 5.36. The van der Waals surface area contributed by atoms with Gasteiger partial charge < -0.3 is 14.0 Å². The van der Waals surface area contributed by atoms with Crippen molar-refractivity contribution in [3.63, 3.8) is 0 Å². The van der Waals surface area contributed by atoms with Gasteiger partial charge in [0.25, 0.3) is 0 Å². The summed E-state index contributed by atoms with van der Waals surface area (Å²) in [6.45, 7) is 3.23. The number of aryl methyl sites for hydroxylation is 1. The van der Waals surface area contributed by atoms with E-state index in [0.29, 0.717) is 12.3 Å². The number of carbonyl (C=O) groups excluding carboxylic acids is 1. The van der Waals surface area contributed by atoms with Crippen molar-refractivity contribution in [3.8, 4) is 0 Å². The zero-order chi connectivity index (χ0) is 19.2. The molecule has 1 amide bonds. The van der Waals surface area contributed by atoms with Crippen LogP contribution in [0.5, 0.6) is 0 Å². The van der Waals surface area contributed by atoms with Crippen LogP contribution in [0.25, 0.3) is 0 Å². The second kappa shape index (κ2) is 8.82. The molecular formula is C21H26N6O. The van der Waals surface area contributed by atoms with Crippen molar-refractivity contribution in [3.05, 3.63) is 67.0 Å². The molecule has 4 rings (SSSR count). The Kier molecular flexibility index (Phi) is 5.80. The lowest BCUT2D eigenvalue weighted by Crippen LogP contribution is -2.39. The van der Waals surface area contributed by atoms with Gasteiger partial charge in [0, 0.05) is 75.7 Å². The standard InChI is InChI=1S/C21H26N6O/c28-20(4-2-11-25-13-9-23-17-25)26-12-1-3-19(16-26)21-24-10-14-27(21)15-18-5-7-22-8-6-18/h5-10,13-14,17,19H,1-4,11-12,15-16H2/t19-/m1/s1. The van der Waals surface area contributed by atoms with Crippen LogP contribution in [0, 0.1) is 0 Å². The first-order valence-corrected chi connectivity index (χ1v) is 9.93. The van der Waals surface area contributed by atoms with E-state index in [2.05, 4.69) is 19.5 Å². The van der Waals surface area contributed by atoms with Gasteiger partial charge in [-0.25, -0.2) is 9.97 Å². The molecule has 1 aliphatic rings. The molecule has 3 aromatic rings. The van der Waals surface area contributed by atoms with E-state index in [4.69, 9.17) is 0 Å². The molecule has 0 N–H and O–H groups in total. The topological polar surface area (TPSA) is 68.8 Å². The Labute approximate surface area is 165 Å². The van der Waals surface area contributed by atoms with Gasteiger partial charge in [-0.15, -0.1) is 0 Å². The summed E-state index contributed by atoms with van der Waals surface area (Å²) in [5.74, 6) is 1.62. The normalized spacial score (nSPS) is 17.0. The minimum absolute atomic E-state index is 0.247. The van der Waals surface area contributed by atoms with E-state index in [1.165, 1.54) is 5.56 Å². The van der Waals surface area contributed by atoms with Gasteiger partial charge in [-0.2, -0.15) is 0 Å². The first kappa shape index (κ1) is 18.4. The second-order valence-corrected chi connectivity index (χ2v) is 7.35. The van der Waals surface area contributed by atoms with Crippen LogP contribution in [-0.4, -0.2) is 48.0 Å². The molecule has 1 aliphatic heterocycles. The van der Waals surface area contributed by atoms with Gasteiger partial charge in [0.1, 0.15) is 5.82 Å². The van der Waals surface area contributed by atoms with Crippen molar-refractivity contribution < 1.29 is 4.79 Å². The zero-order valence-electron chi connectivity index (χ0n) is 16.0. The van der Waals surface area contributed by atoms with Gasteiger partial charge >= 0.3 is 0 Å². The van der Waals surface area contributed by atoms with Crippen LogP contribution in [0.4, 0.5) is 0 Å². The molecular weight excluding hydrogens is 352 g/mol. The number of aromatic nitrogens is 5. The number of hydrogen-bond acceptors (Lipinski definition) is 4. The largest absolute Gasteiger partial charge is 0.342 e. The molecule has 0 spiro atoms. The van der Waals surface area contributed by atoms with Gasteiger partial charge in [-0.1, -0.05) is 0 Å². The molecule has 0 aliphatic carbocycles. The van der Waals surface area contributed by atoms with E-state index in [0.717, 1.165) is 51.3 Å². The molecule has 0 bridgehead atoms. The Bertz CT molecular complexity index is 873. The molecule has 0 aromatic carbocycles. The first-order valence-electron chi connectivity index (χ1n) is 9.93. The van der Waals surface area contributed by atoms with E-state index in [1.54, 1.807) is 12.5 Å². The minimum atomic E-state index is 0.247. The molecule has 7 heteroatoms. The molecule has 0 radical (unpaired) electrons. The average Bonchev–Trinajstić information content (AvgIpc) is 3.41. The quantitative estimate of drug-likeness (QED) is 0.634. The van der Waals surface area contributed by atoms with Crippen molar-refractivity contribution in [1.82, 2.24) is 29.0 Å². The number of likely N-dealkylation sites (tertiary alicyclic amines) is 1. The average molecular weight is 378 g/mol. The lowest BCUT2D eigenvalue weighted by Gasteiger charge is -2.33. The van der Waals surface area contributed by atoms with Gasteiger partial charge in [0.15, 0.2) is 0 Å². The van der Waals surface area contributed by atoms with Crippen LogP contribution in [0.1, 0.15) is 43.0 Å². The summed E-state index contributed by atoms with van der Waals surface area (Å²) in [6, 6.07) is 4.06. The van der Waals surface area contributed by atoms with E-state index < -0.39 is 0 Å². The molecule has 1 fully saturated rings. The number of nitrogens with zero attached hydrogens (tertiary/aromatic N) is 6. The summed E-state index contributed by atoms with van der Waals surface area (Å²) in [5.41, 5.74) is 1.21. The Morgan fingerprint density at radius 3 is 2.82 bits per heavy atom. The predicted molar refractivity (Wildman–Crippen MR) is 106 cm³/mol. The SMILES string of the molecule is O=C(CCCn1ccnc1)N1CCC[C@@H](c2nccn2Cc2ccncc2)C1. The highest BCUT2D eigenvalue weighted by atomic mass is 16.2. The smallest absolute Gasteiger partial charge is 0.222 e. The molecule has 0 unspecified atom stereocenters. The molecule has 4 heterocycles. The van der Waals surface area contributed by atoms with E-state index in [-0.39, 0.29) is 5.91 Å². The van der Waals surface area contributed by atoms with Crippen LogP contribution in [0.3, 0.4) is 0 Å². The van der Waals surface area contributed by atoms with Crippen LogP contribution in [0.2, 0.25) is 0 Å². The summed E-state index contributed by atoms with van der Waals surface area (Å²) >= 11 is 0. The molecule has 7 nitrogen and oxygen atoms in total. The fraction of sp³-hybridized carbons (Fsp3) is 0.429. The molecule has 146 valence electrons. The maximum absolute atomic E-state index is 12.7.